The van der Waals surface area contributed by atoms with Crippen molar-refractivity contribution in [3.8, 4) is 22.0 Å². The van der Waals surface area contributed by atoms with Crippen molar-refractivity contribution in [3.05, 3.63) is 69.4 Å². The van der Waals surface area contributed by atoms with Gasteiger partial charge in [-0.2, -0.15) is 13.9 Å². The quantitative estimate of drug-likeness (QED) is 0.426. The maximum Gasteiger partial charge on any atom is 0.325 e. The van der Waals surface area contributed by atoms with Crippen LogP contribution < -0.4 is 10.2 Å². The largest absolute Gasteiger partial charge is 0.415 e. The van der Waals surface area contributed by atoms with Gasteiger partial charge in [0.25, 0.3) is 5.89 Å². The lowest BCUT2D eigenvalue weighted by atomic mass is 10.1. The van der Waals surface area contributed by atoms with Crippen LogP contribution >= 0.6 is 11.3 Å². The molecular weight excluding hydrogens is 464 g/mol. The predicted octanol–water partition coefficient (Wildman–Crippen LogP) is 2.81. The maximum atomic E-state index is 12.6. The molecule has 1 aliphatic rings. The molecule has 4 heterocycles. The second-order valence-corrected chi connectivity index (χ2v) is 8.78. The predicted molar refractivity (Wildman–Crippen MR) is 122 cm³/mol. The van der Waals surface area contributed by atoms with Gasteiger partial charge in [0.05, 0.1) is 17.8 Å². The standard InChI is InChI=1S/C22H21F2N7O2S/c23-18(24)20-28-27-19(33-20)16-5-6-17(26-11-16)13-31-22(32)34-21(29-31)15-3-1-14(2-4-15)12-30-9-7-25-8-10-30/h1-6,11,18,25H,7-10,12-13H2. The Labute approximate surface area is 197 Å². The molecule has 5 rings (SSSR count). The fourth-order valence-electron chi connectivity index (χ4n) is 3.64. The number of nitrogens with one attached hydrogen (secondary N) is 1. The minimum Gasteiger partial charge on any atom is -0.415 e. The zero-order valence-electron chi connectivity index (χ0n) is 18.0. The van der Waals surface area contributed by atoms with Crippen LogP contribution in [-0.2, 0) is 13.1 Å². The van der Waals surface area contributed by atoms with E-state index in [9.17, 15) is 13.6 Å². The molecule has 12 heteroatoms. The molecule has 0 unspecified atom stereocenters. The van der Waals surface area contributed by atoms with Gasteiger partial charge in [0, 0.05) is 44.5 Å². The minimum absolute atomic E-state index is 0.0390. The van der Waals surface area contributed by atoms with Crippen LogP contribution in [0.3, 0.4) is 0 Å². The lowest BCUT2D eigenvalue weighted by Gasteiger charge is -2.27. The molecule has 0 spiro atoms. The summed E-state index contributed by atoms with van der Waals surface area (Å²) in [6.07, 6.45) is -1.39. The molecule has 1 N–H and O–H groups in total. The van der Waals surface area contributed by atoms with E-state index in [0.717, 1.165) is 49.6 Å². The van der Waals surface area contributed by atoms with Crippen LogP contribution in [0.4, 0.5) is 8.78 Å². The zero-order valence-corrected chi connectivity index (χ0v) is 18.8. The average molecular weight is 486 g/mol. The molecule has 0 radical (unpaired) electrons. The van der Waals surface area contributed by atoms with Gasteiger partial charge in [0.2, 0.25) is 5.89 Å². The van der Waals surface area contributed by atoms with Crippen molar-refractivity contribution in [2.75, 3.05) is 26.2 Å². The molecule has 1 fully saturated rings. The van der Waals surface area contributed by atoms with Gasteiger partial charge in [0.1, 0.15) is 5.01 Å². The minimum atomic E-state index is -2.83. The number of halogens is 2. The van der Waals surface area contributed by atoms with E-state index in [1.165, 1.54) is 16.4 Å². The Kier molecular flexibility index (Phi) is 6.52. The summed E-state index contributed by atoms with van der Waals surface area (Å²) >= 11 is 1.08. The first-order valence-corrected chi connectivity index (χ1v) is 11.5. The first kappa shape index (κ1) is 22.4. The van der Waals surface area contributed by atoms with E-state index in [1.54, 1.807) is 12.1 Å². The van der Waals surface area contributed by atoms with Gasteiger partial charge in [-0.15, -0.1) is 10.2 Å². The number of pyridine rings is 1. The molecule has 9 nitrogen and oxygen atoms in total. The van der Waals surface area contributed by atoms with Crippen LogP contribution in [0.1, 0.15) is 23.6 Å². The Morgan fingerprint density at radius 3 is 2.47 bits per heavy atom. The fourth-order valence-corrected chi connectivity index (χ4v) is 4.41. The highest BCUT2D eigenvalue weighted by molar-refractivity contribution is 7.12. The summed E-state index contributed by atoms with van der Waals surface area (Å²) in [5, 5.41) is 15.4. The Morgan fingerprint density at radius 1 is 1.03 bits per heavy atom. The van der Waals surface area contributed by atoms with Gasteiger partial charge in [-0.1, -0.05) is 35.6 Å². The molecule has 1 saturated heterocycles. The summed E-state index contributed by atoms with van der Waals surface area (Å²) in [7, 11) is 0. The Hall–Kier alpha value is -3.35. The van der Waals surface area contributed by atoms with Crippen molar-refractivity contribution < 1.29 is 13.2 Å². The fraction of sp³-hybridized carbons (Fsp3) is 0.318. The van der Waals surface area contributed by atoms with Crippen LogP contribution in [0.2, 0.25) is 0 Å². The summed E-state index contributed by atoms with van der Waals surface area (Å²) in [6, 6.07) is 11.4. The van der Waals surface area contributed by atoms with Crippen molar-refractivity contribution in [2.45, 2.75) is 19.5 Å². The normalized spacial score (nSPS) is 14.7. The highest BCUT2D eigenvalue weighted by Gasteiger charge is 2.17. The smallest absolute Gasteiger partial charge is 0.325 e. The van der Waals surface area contributed by atoms with Crippen molar-refractivity contribution in [1.29, 1.82) is 0 Å². The number of piperazine rings is 1. The van der Waals surface area contributed by atoms with Crippen molar-refractivity contribution in [3.63, 3.8) is 0 Å². The molecule has 0 bridgehead atoms. The molecule has 0 saturated carbocycles. The number of nitrogens with zero attached hydrogens (tertiary/aromatic N) is 6. The third-order valence-electron chi connectivity index (χ3n) is 5.43. The topological polar surface area (TPSA) is 102 Å². The van der Waals surface area contributed by atoms with E-state index in [-0.39, 0.29) is 17.3 Å². The first-order chi connectivity index (χ1) is 16.5. The summed E-state index contributed by atoms with van der Waals surface area (Å²) in [5.74, 6) is -0.777. The van der Waals surface area contributed by atoms with Crippen LogP contribution in [-0.4, -0.2) is 56.0 Å². The maximum absolute atomic E-state index is 12.6. The van der Waals surface area contributed by atoms with E-state index >= 15 is 0 Å². The highest BCUT2D eigenvalue weighted by Crippen LogP contribution is 2.23. The molecule has 176 valence electrons. The summed E-state index contributed by atoms with van der Waals surface area (Å²) in [5.41, 5.74) is 3.11. The van der Waals surface area contributed by atoms with Gasteiger partial charge in [-0.25, -0.2) is 4.68 Å². The van der Waals surface area contributed by atoms with Gasteiger partial charge < -0.3 is 9.73 Å². The van der Waals surface area contributed by atoms with Gasteiger partial charge >= 0.3 is 11.3 Å². The Balaban J connectivity index is 1.25. The highest BCUT2D eigenvalue weighted by atomic mass is 32.1. The van der Waals surface area contributed by atoms with E-state index in [4.69, 9.17) is 4.42 Å². The van der Waals surface area contributed by atoms with E-state index in [0.29, 0.717) is 16.3 Å². The number of alkyl halides is 2. The zero-order chi connectivity index (χ0) is 23.5. The Bertz CT molecular complexity index is 1300. The number of benzene rings is 1. The lowest BCUT2D eigenvalue weighted by molar-refractivity contribution is 0.116. The van der Waals surface area contributed by atoms with E-state index < -0.39 is 12.3 Å². The molecule has 1 aromatic carbocycles. The monoisotopic (exact) mass is 485 g/mol. The number of rotatable bonds is 7. The molecule has 0 atom stereocenters. The van der Waals surface area contributed by atoms with Crippen LogP contribution in [0, 0.1) is 0 Å². The van der Waals surface area contributed by atoms with Crippen molar-refractivity contribution in [1.82, 2.24) is 35.2 Å². The third kappa shape index (κ3) is 5.08. The SMILES string of the molecule is O=c1sc(-c2ccc(CN3CCNCC3)cc2)nn1Cc1ccc(-c2nnc(C(F)F)o2)cn1. The summed E-state index contributed by atoms with van der Waals surface area (Å²) < 4.78 is 31.5. The molecular formula is C22H21F2N7O2S. The molecule has 34 heavy (non-hydrogen) atoms. The number of aromatic nitrogens is 5. The van der Waals surface area contributed by atoms with E-state index in [2.05, 4.69) is 42.6 Å². The first-order valence-electron chi connectivity index (χ1n) is 10.7. The lowest BCUT2D eigenvalue weighted by Crippen LogP contribution is -2.42. The molecule has 0 aliphatic carbocycles. The average Bonchev–Trinajstić information content (AvgIpc) is 3.49. The summed E-state index contributed by atoms with van der Waals surface area (Å²) in [4.78, 5) is 19.0. The van der Waals surface area contributed by atoms with Gasteiger partial charge in [-0.05, 0) is 17.7 Å². The second kappa shape index (κ2) is 9.87. The molecule has 0 amide bonds. The van der Waals surface area contributed by atoms with E-state index in [1.807, 2.05) is 12.1 Å². The third-order valence-corrected chi connectivity index (χ3v) is 6.33. The number of hydrogen-bond acceptors (Lipinski definition) is 9. The van der Waals surface area contributed by atoms with Gasteiger partial charge in [-0.3, -0.25) is 14.7 Å². The molecule has 1 aliphatic heterocycles. The number of hydrogen-bond donors (Lipinski definition) is 1. The van der Waals surface area contributed by atoms with Gasteiger partial charge in [0.15, 0.2) is 0 Å². The Morgan fingerprint density at radius 2 is 1.79 bits per heavy atom. The molecule has 3 aromatic heterocycles. The van der Waals surface area contributed by atoms with Crippen LogP contribution in [0.5, 0.6) is 0 Å². The second-order valence-electron chi connectivity index (χ2n) is 7.84. The van der Waals surface area contributed by atoms with Crippen molar-refractivity contribution >= 4 is 11.3 Å². The summed E-state index contributed by atoms with van der Waals surface area (Å²) in [6.45, 7) is 5.18. The van der Waals surface area contributed by atoms with Crippen LogP contribution in [0.25, 0.3) is 22.0 Å². The van der Waals surface area contributed by atoms with Crippen LogP contribution in [0.15, 0.2) is 51.8 Å². The van der Waals surface area contributed by atoms with Crippen molar-refractivity contribution in [2.24, 2.45) is 0 Å². The molecule has 4 aromatic rings.